The molecule has 1 aliphatic rings. The van der Waals surface area contributed by atoms with Gasteiger partial charge in [-0.25, -0.2) is 8.42 Å². The second-order valence-electron chi connectivity index (χ2n) is 4.97. The largest absolute Gasteiger partial charge is 0.354 e. The van der Waals surface area contributed by atoms with Gasteiger partial charge in [0, 0.05) is 11.9 Å². The van der Waals surface area contributed by atoms with Gasteiger partial charge in [-0.1, -0.05) is 0 Å². The topological polar surface area (TPSA) is 70.9 Å². The summed E-state index contributed by atoms with van der Waals surface area (Å²) in [6.07, 6.45) is 0. The van der Waals surface area contributed by atoms with Crippen molar-refractivity contribution in [2.45, 2.75) is 11.8 Å². The molecule has 0 saturated carbocycles. The zero-order chi connectivity index (χ0) is 14.9. The van der Waals surface area contributed by atoms with E-state index < -0.39 is 10.0 Å². The number of piperazine rings is 1. The fourth-order valence-corrected chi connectivity index (χ4v) is 5.15. The van der Waals surface area contributed by atoms with E-state index in [0.29, 0.717) is 22.8 Å². The molecule has 8 heteroatoms. The Bertz CT molecular complexity index is 601. The smallest absolute Gasteiger partial charge is 0.261 e. The molecule has 2 heterocycles. The van der Waals surface area contributed by atoms with Crippen molar-refractivity contribution < 1.29 is 18.1 Å². The van der Waals surface area contributed by atoms with Crippen LogP contribution in [0.15, 0.2) is 11.0 Å². The minimum atomic E-state index is -3.49. The van der Waals surface area contributed by atoms with Gasteiger partial charge >= 0.3 is 0 Å². The standard InChI is InChI=1S/C12H19N3O3S2/c1-9-11(8-10(19-9)12(16)13-2)20(17,18)15-6-4-14(3)5-7-15/h8H,4-7H2,1-3H3,(H,13,16)/p+1. The van der Waals surface area contributed by atoms with Crippen LogP contribution in [0.3, 0.4) is 0 Å². The Morgan fingerprint density at radius 1 is 1.40 bits per heavy atom. The lowest BCUT2D eigenvalue weighted by molar-refractivity contribution is -0.883. The number of carbonyl (C=O) groups excluding carboxylic acids is 1. The molecule has 1 amide bonds. The third-order valence-corrected chi connectivity index (χ3v) is 6.72. The highest BCUT2D eigenvalue weighted by Crippen LogP contribution is 2.28. The van der Waals surface area contributed by atoms with Crippen molar-refractivity contribution in [3.63, 3.8) is 0 Å². The van der Waals surface area contributed by atoms with Gasteiger partial charge < -0.3 is 10.2 Å². The number of thiophene rings is 1. The molecule has 0 bridgehead atoms. The molecule has 0 spiro atoms. The number of quaternary nitrogens is 1. The number of sulfonamides is 1. The molecule has 1 fully saturated rings. The Balaban J connectivity index is 2.30. The molecule has 0 radical (unpaired) electrons. The molecule has 0 aromatic carbocycles. The van der Waals surface area contributed by atoms with Gasteiger partial charge in [0.1, 0.15) is 0 Å². The van der Waals surface area contributed by atoms with Crippen LogP contribution in [-0.2, 0) is 10.0 Å². The summed E-state index contributed by atoms with van der Waals surface area (Å²) in [6, 6.07) is 1.49. The summed E-state index contributed by atoms with van der Waals surface area (Å²) in [4.78, 5) is 14.3. The molecule has 2 N–H and O–H groups in total. The summed E-state index contributed by atoms with van der Waals surface area (Å²) in [5.41, 5.74) is 0. The van der Waals surface area contributed by atoms with Crippen LogP contribution in [0.4, 0.5) is 0 Å². The molecule has 20 heavy (non-hydrogen) atoms. The molecule has 0 aliphatic carbocycles. The Hall–Kier alpha value is -0.960. The number of hydrogen-bond donors (Lipinski definition) is 2. The first-order valence-electron chi connectivity index (χ1n) is 6.50. The van der Waals surface area contributed by atoms with Crippen LogP contribution in [-0.4, -0.2) is 58.9 Å². The molecule has 0 atom stereocenters. The summed E-state index contributed by atoms with van der Waals surface area (Å²) in [5.74, 6) is -0.248. The van der Waals surface area contributed by atoms with E-state index in [1.807, 2.05) is 0 Å². The molecule has 0 unspecified atom stereocenters. The number of nitrogens with zero attached hydrogens (tertiary/aromatic N) is 1. The molecule has 6 nitrogen and oxygen atoms in total. The molecule has 1 saturated heterocycles. The fourth-order valence-electron chi connectivity index (χ4n) is 2.20. The summed E-state index contributed by atoms with van der Waals surface area (Å²) in [6.45, 7) is 4.41. The Labute approximate surface area is 123 Å². The van der Waals surface area contributed by atoms with Gasteiger partial charge in [0.15, 0.2) is 0 Å². The van der Waals surface area contributed by atoms with Gasteiger partial charge in [-0.2, -0.15) is 4.31 Å². The van der Waals surface area contributed by atoms with Gasteiger partial charge in [0.2, 0.25) is 10.0 Å². The predicted octanol–water partition coefficient (Wildman–Crippen LogP) is -1.06. The van der Waals surface area contributed by atoms with E-state index in [9.17, 15) is 13.2 Å². The van der Waals surface area contributed by atoms with Crippen molar-refractivity contribution in [1.29, 1.82) is 0 Å². The number of hydrogen-bond acceptors (Lipinski definition) is 4. The van der Waals surface area contributed by atoms with E-state index in [4.69, 9.17) is 0 Å². The monoisotopic (exact) mass is 318 g/mol. The number of amides is 1. The quantitative estimate of drug-likeness (QED) is 0.746. The zero-order valence-electron chi connectivity index (χ0n) is 11.9. The van der Waals surface area contributed by atoms with Gasteiger partial charge in [-0.3, -0.25) is 4.79 Å². The molecule has 2 rings (SSSR count). The van der Waals surface area contributed by atoms with Gasteiger partial charge in [-0.15, -0.1) is 11.3 Å². The van der Waals surface area contributed by atoms with Crippen LogP contribution in [0.2, 0.25) is 0 Å². The lowest BCUT2D eigenvalue weighted by atomic mass is 10.4. The van der Waals surface area contributed by atoms with E-state index in [1.54, 1.807) is 6.92 Å². The minimum Gasteiger partial charge on any atom is -0.354 e. The summed E-state index contributed by atoms with van der Waals surface area (Å²) in [7, 11) is 0.109. The number of aryl methyl sites for hydroxylation is 1. The Morgan fingerprint density at radius 2 is 2.00 bits per heavy atom. The maximum atomic E-state index is 12.6. The molecule has 1 aromatic rings. The second kappa shape index (κ2) is 5.80. The average Bonchev–Trinajstić information content (AvgIpc) is 2.81. The maximum absolute atomic E-state index is 12.6. The highest BCUT2D eigenvalue weighted by atomic mass is 32.2. The SMILES string of the molecule is CNC(=O)c1cc(S(=O)(=O)N2CC[NH+](C)CC2)c(C)s1. The number of carbonyl (C=O) groups is 1. The van der Waals surface area contributed by atoms with Crippen LogP contribution in [0.25, 0.3) is 0 Å². The van der Waals surface area contributed by atoms with Crippen molar-refractivity contribution in [1.82, 2.24) is 9.62 Å². The van der Waals surface area contributed by atoms with Crippen molar-refractivity contribution >= 4 is 27.3 Å². The average molecular weight is 318 g/mol. The maximum Gasteiger partial charge on any atom is 0.261 e. The van der Waals surface area contributed by atoms with Crippen LogP contribution in [0, 0.1) is 6.92 Å². The van der Waals surface area contributed by atoms with E-state index in [1.165, 1.54) is 33.7 Å². The van der Waals surface area contributed by atoms with Gasteiger partial charge in [0.05, 0.1) is 43.0 Å². The molecule has 112 valence electrons. The predicted molar refractivity (Wildman–Crippen MR) is 77.8 cm³/mol. The first-order chi connectivity index (χ1) is 9.36. The fraction of sp³-hybridized carbons (Fsp3) is 0.583. The van der Waals surface area contributed by atoms with E-state index in [2.05, 4.69) is 12.4 Å². The highest BCUT2D eigenvalue weighted by Gasteiger charge is 2.31. The highest BCUT2D eigenvalue weighted by molar-refractivity contribution is 7.89. The van der Waals surface area contributed by atoms with Crippen LogP contribution in [0.5, 0.6) is 0 Å². The minimum absolute atomic E-state index is 0.248. The lowest BCUT2D eigenvalue weighted by Gasteiger charge is -2.29. The summed E-state index contributed by atoms with van der Waals surface area (Å²) >= 11 is 1.22. The van der Waals surface area contributed by atoms with E-state index in [-0.39, 0.29) is 10.8 Å². The van der Waals surface area contributed by atoms with Gasteiger partial charge in [-0.05, 0) is 13.0 Å². The first kappa shape index (κ1) is 15.4. The van der Waals surface area contributed by atoms with Crippen molar-refractivity contribution in [3.05, 3.63) is 15.8 Å². The third-order valence-electron chi connectivity index (χ3n) is 3.52. The van der Waals surface area contributed by atoms with Crippen LogP contribution in [0.1, 0.15) is 14.5 Å². The second-order valence-corrected chi connectivity index (χ2v) is 8.13. The van der Waals surface area contributed by atoms with Crippen molar-refractivity contribution in [3.8, 4) is 0 Å². The lowest BCUT2D eigenvalue weighted by Crippen LogP contribution is -3.12. The number of nitrogens with one attached hydrogen (secondary N) is 2. The van der Waals surface area contributed by atoms with Crippen molar-refractivity contribution in [2.75, 3.05) is 40.3 Å². The van der Waals surface area contributed by atoms with Crippen molar-refractivity contribution in [2.24, 2.45) is 0 Å². The molecular formula is C12H20N3O3S2+. The Kier molecular flexibility index (Phi) is 4.48. The van der Waals surface area contributed by atoms with Gasteiger partial charge in [0.25, 0.3) is 5.91 Å². The van der Waals surface area contributed by atoms with E-state index in [0.717, 1.165) is 13.1 Å². The number of rotatable bonds is 3. The molecule has 1 aliphatic heterocycles. The molecule has 1 aromatic heterocycles. The normalized spacial score (nSPS) is 18.1. The molecular weight excluding hydrogens is 298 g/mol. The van der Waals surface area contributed by atoms with Crippen LogP contribution < -0.4 is 10.2 Å². The summed E-state index contributed by atoms with van der Waals surface area (Å²) in [5, 5.41) is 2.52. The number of likely N-dealkylation sites (N-methyl/N-ethyl adjacent to an activating group) is 1. The Morgan fingerprint density at radius 3 is 2.55 bits per heavy atom. The summed E-state index contributed by atoms with van der Waals surface area (Å²) < 4.78 is 26.8. The first-order valence-corrected chi connectivity index (χ1v) is 8.76. The van der Waals surface area contributed by atoms with E-state index >= 15 is 0 Å². The third kappa shape index (κ3) is 2.88. The zero-order valence-corrected chi connectivity index (χ0v) is 13.5. The van der Waals surface area contributed by atoms with Crippen LogP contribution >= 0.6 is 11.3 Å².